The van der Waals surface area contributed by atoms with Gasteiger partial charge in [-0.15, -0.1) is 0 Å². The molecule has 0 unspecified atom stereocenters. The molecule has 0 fully saturated rings. The van der Waals surface area contributed by atoms with E-state index in [1.807, 2.05) is 55.5 Å². The molecule has 0 saturated carbocycles. The molecule has 1 aliphatic rings. The maximum Gasteiger partial charge on any atom is 0.434 e. The lowest BCUT2D eigenvalue weighted by Crippen LogP contribution is -2.06. The molecule has 24 heavy (non-hydrogen) atoms. The van der Waals surface area contributed by atoms with E-state index in [0.29, 0.717) is 5.71 Å². The Morgan fingerprint density at radius 3 is 2.58 bits per heavy atom. The summed E-state index contributed by atoms with van der Waals surface area (Å²) in [5.74, 6) is 0.0428. The van der Waals surface area contributed by atoms with Crippen LogP contribution in [0.2, 0.25) is 0 Å². The number of carbonyl (C=O) groups excluding carboxylic acids is 1. The second kappa shape index (κ2) is 7.46. The van der Waals surface area contributed by atoms with E-state index in [-0.39, 0.29) is 12.5 Å². The monoisotopic (exact) mass is 319 g/mol. The Morgan fingerprint density at radius 1 is 1.17 bits per heavy atom. The molecule has 5 nitrogen and oxygen atoms in total. The molecule has 3 rings (SSSR count). The fourth-order valence-electron chi connectivity index (χ4n) is 2.25. The SMILES string of the molecule is Cc1ccc(COC(=O)N=C2C=CC(c3cccnn3)C=C2)cc1. The van der Waals surface area contributed by atoms with Gasteiger partial charge in [0.05, 0.1) is 11.4 Å². The number of amides is 1. The molecule has 0 aliphatic heterocycles. The molecule has 5 heteroatoms. The number of aliphatic imine (C=N–C) groups is 1. The summed E-state index contributed by atoms with van der Waals surface area (Å²) in [6.07, 6.45) is 8.46. The number of ether oxygens (including phenoxy) is 1. The molecule has 0 bridgehead atoms. The predicted octanol–water partition coefficient (Wildman–Crippen LogP) is 3.77. The molecule has 0 spiro atoms. The second-order valence-corrected chi connectivity index (χ2v) is 5.47. The normalized spacial score (nSPS) is 16.0. The number of hydrogen-bond acceptors (Lipinski definition) is 4. The van der Waals surface area contributed by atoms with Gasteiger partial charge in [-0.25, -0.2) is 4.79 Å². The third-order valence-electron chi connectivity index (χ3n) is 3.59. The highest BCUT2D eigenvalue weighted by molar-refractivity contribution is 6.09. The molecule has 0 radical (unpaired) electrons. The summed E-state index contributed by atoms with van der Waals surface area (Å²) < 4.78 is 5.17. The van der Waals surface area contributed by atoms with Crippen LogP contribution in [0, 0.1) is 6.92 Å². The molecule has 1 aromatic heterocycles. The Labute approximate surface area is 140 Å². The average Bonchev–Trinajstić information content (AvgIpc) is 2.63. The first-order valence-electron chi connectivity index (χ1n) is 7.66. The summed E-state index contributed by atoms with van der Waals surface area (Å²) in [6, 6.07) is 11.6. The summed E-state index contributed by atoms with van der Waals surface area (Å²) >= 11 is 0. The van der Waals surface area contributed by atoms with Crippen LogP contribution in [-0.4, -0.2) is 22.0 Å². The van der Waals surface area contributed by atoms with Crippen molar-refractivity contribution in [2.24, 2.45) is 4.99 Å². The zero-order valence-electron chi connectivity index (χ0n) is 13.3. The van der Waals surface area contributed by atoms with Gasteiger partial charge in [0.25, 0.3) is 0 Å². The van der Waals surface area contributed by atoms with Gasteiger partial charge in [0.15, 0.2) is 0 Å². The van der Waals surface area contributed by atoms with Crippen molar-refractivity contribution >= 4 is 11.8 Å². The van der Waals surface area contributed by atoms with Gasteiger partial charge in [-0.2, -0.15) is 15.2 Å². The fraction of sp³-hybridized carbons (Fsp3) is 0.158. The topological polar surface area (TPSA) is 64.4 Å². The number of nitrogens with zero attached hydrogens (tertiary/aromatic N) is 3. The van der Waals surface area contributed by atoms with Crippen LogP contribution in [-0.2, 0) is 11.3 Å². The van der Waals surface area contributed by atoms with Crippen LogP contribution in [0.1, 0.15) is 22.7 Å². The largest absolute Gasteiger partial charge is 0.443 e. The molecule has 1 heterocycles. The van der Waals surface area contributed by atoms with Gasteiger partial charge < -0.3 is 4.74 Å². The van der Waals surface area contributed by atoms with Crippen molar-refractivity contribution < 1.29 is 9.53 Å². The van der Waals surface area contributed by atoms with Gasteiger partial charge in [0, 0.05) is 12.1 Å². The predicted molar refractivity (Wildman–Crippen MR) is 91.9 cm³/mol. The lowest BCUT2D eigenvalue weighted by Gasteiger charge is -2.10. The van der Waals surface area contributed by atoms with Crippen LogP contribution in [0.4, 0.5) is 4.79 Å². The van der Waals surface area contributed by atoms with E-state index in [9.17, 15) is 4.79 Å². The van der Waals surface area contributed by atoms with Crippen molar-refractivity contribution in [1.29, 1.82) is 0 Å². The quantitative estimate of drug-likeness (QED) is 0.864. The van der Waals surface area contributed by atoms with E-state index in [2.05, 4.69) is 15.2 Å². The second-order valence-electron chi connectivity index (χ2n) is 5.47. The molecule has 1 aliphatic carbocycles. The summed E-state index contributed by atoms with van der Waals surface area (Å²) in [5, 5.41) is 7.94. The Kier molecular flexibility index (Phi) is 4.91. The third kappa shape index (κ3) is 4.23. The smallest absolute Gasteiger partial charge is 0.434 e. The maximum absolute atomic E-state index is 11.8. The van der Waals surface area contributed by atoms with Crippen LogP contribution >= 0.6 is 0 Å². The Bertz CT molecular complexity index is 777. The van der Waals surface area contributed by atoms with Gasteiger partial charge in [-0.3, -0.25) is 0 Å². The van der Waals surface area contributed by atoms with Gasteiger partial charge in [0.1, 0.15) is 6.61 Å². The van der Waals surface area contributed by atoms with E-state index in [1.165, 1.54) is 5.56 Å². The standard InChI is InChI=1S/C19H17N3O2/c1-14-4-6-15(7-5-14)13-24-19(23)21-17-10-8-16(9-11-17)18-3-2-12-20-22-18/h2-12,16H,13H2,1H3. The molecular weight excluding hydrogens is 302 g/mol. The summed E-state index contributed by atoms with van der Waals surface area (Å²) in [7, 11) is 0. The van der Waals surface area contributed by atoms with Gasteiger partial charge in [-0.05, 0) is 36.8 Å². The van der Waals surface area contributed by atoms with Gasteiger partial charge >= 0.3 is 6.09 Å². The number of aromatic nitrogens is 2. The van der Waals surface area contributed by atoms with Crippen LogP contribution in [0.5, 0.6) is 0 Å². The highest BCUT2D eigenvalue weighted by Crippen LogP contribution is 2.19. The molecule has 0 saturated heterocycles. The molecule has 1 aromatic carbocycles. The van der Waals surface area contributed by atoms with E-state index < -0.39 is 6.09 Å². The van der Waals surface area contributed by atoms with Crippen LogP contribution in [0.3, 0.4) is 0 Å². The number of rotatable bonds is 3. The first-order valence-corrected chi connectivity index (χ1v) is 7.66. The minimum Gasteiger partial charge on any atom is -0.443 e. The first kappa shape index (κ1) is 15.8. The third-order valence-corrected chi connectivity index (χ3v) is 3.59. The summed E-state index contributed by atoms with van der Waals surface area (Å²) in [6.45, 7) is 2.23. The van der Waals surface area contributed by atoms with Crippen molar-refractivity contribution in [3.05, 3.63) is 83.7 Å². The van der Waals surface area contributed by atoms with E-state index >= 15 is 0 Å². The lowest BCUT2D eigenvalue weighted by molar-refractivity contribution is 0.151. The minimum atomic E-state index is -0.599. The van der Waals surface area contributed by atoms with Crippen molar-refractivity contribution in [3.8, 4) is 0 Å². The maximum atomic E-state index is 11.8. The average molecular weight is 319 g/mol. The number of aryl methyl sites for hydroxylation is 1. The summed E-state index contributed by atoms with van der Waals surface area (Å²) in [4.78, 5) is 15.7. The van der Waals surface area contributed by atoms with Gasteiger partial charge in [0.2, 0.25) is 0 Å². The van der Waals surface area contributed by atoms with Crippen LogP contribution in [0.15, 0.2) is 71.9 Å². The summed E-state index contributed by atoms with van der Waals surface area (Å²) in [5.41, 5.74) is 3.52. The highest BCUT2D eigenvalue weighted by Gasteiger charge is 2.11. The zero-order chi connectivity index (χ0) is 16.8. The molecule has 120 valence electrons. The number of carbonyl (C=O) groups is 1. The number of allylic oxidation sites excluding steroid dienone is 4. The van der Waals surface area contributed by atoms with E-state index in [4.69, 9.17) is 4.74 Å². The van der Waals surface area contributed by atoms with Crippen molar-refractivity contribution in [2.75, 3.05) is 0 Å². The van der Waals surface area contributed by atoms with Crippen molar-refractivity contribution in [3.63, 3.8) is 0 Å². The minimum absolute atomic E-state index is 0.0428. The molecule has 0 N–H and O–H groups in total. The molecule has 1 amide bonds. The zero-order valence-corrected chi connectivity index (χ0v) is 13.3. The Morgan fingerprint density at radius 2 is 1.92 bits per heavy atom. The van der Waals surface area contributed by atoms with E-state index in [0.717, 1.165) is 11.3 Å². The Hall–Kier alpha value is -3.08. The van der Waals surface area contributed by atoms with Crippen molar-refractivity contribution in [2.45, 2.75) is 19.4 Å². The number of benzene rings is 1. The fourth-order valence-corrected chi connectivity index (χ4v) is 2.25. The van der Waals surface area contributed by atoms with Crippen molar-refractivity contribution in [1.82, 2.24) is 10.2 Å². The first-order chi connectivity index (χ1) is 11.7. The highest BCUT2D eigenvalue weighted by atomic mass is 16.5. The van der Waals surface area contributed by atoms with E-state index in [1.54, 1.807) is 18.3 Å². The number of hydrogen-bond donors (Lipinski definition) is 0. The molecule has 0 atom stereocenters. The molecular formula is C19H17N3O2. The lowest BCUT2D eigenvalue weighted by atomic mass is 9.99. The van der Waals surface area contributed by atoms with Gasteiger partial charge in [-0.1, -0.05) is 42.0 Å². The molecule has 2 aromatic rings. The van der Waals surface area contributed by atoms with Crippen LogP contribution < -0.4 is 0 Å². The van der Waals surface area contributed by atoms with Crippen LogP contribution in [0.25, 0.3) is 0 Å². The Balaban J connectivity index is 1.56.